The minimum Gasteiger partial charge on any atom is -0.378 e. The van der Waals surface area contributed by atoms with Crippen LogP contribution in [0.4, 0.5) is 17.1 Å². The maximum Gasteiger partial charge on any atom is 0.241 e. The SMILES string of the molecule is CC(=O)Nc1ccc(NC(=O)[C@H](C)N(C)Cc2ccc(N(C)C)cc2)cc1. The number of nitrogens with zero attached hydrogens (tertiary/aromatic N) is 2. The van der Waals surface area contributed by atoms with Crippen LogP contribution in [-0.2, 0) is 16.1 Å². The van der Waals surface area contributed by atoms with Crippen LogP contribution in [0.1, 0.15) is 19.4 Å². The van der Waals surface area contributed by atoms with E-state index in [1.165, 1.54) is 6.92 Å². The molecule has 144 valence electrons. The third-order valence-corrected chi connectivity index (χ3v) is 4.40. The summed E-state index contributed by atoms with van der Waals surface area (Å²) in [5.41, 5.74) is 3.70. The summed E-state index contributed by atoms with van der Waals surface area (Å²) in [7, 11) is 5.95. The molecule has 0 aliphatic heterocycles. The number of rotatable bonds is 7. The maximum absolute atomic E-state index is 12.5. The molecule has 27 heavy (non-hydrogen) atoms. The van der Waals surface area contributed by atoms with E-state index in [4.69, 9.17) is 0 Å². The van der Waals surface area contributed by atoms with Crippen molar-refractivity contribution >= 4 is 28.9 Å². The fourth-order valence-corrected chi connectivity index (χ4v) is 2.61. The average molecular weight is 368 g/mol. The second kappa shape index (κ2) is 9.19. The molecule has 2 aromatic carbocycles. The second-order valence-electron chi connectivity index (χ2n) is 6.90. The molecule has 2 amide bonds. The van der Waals surface area contributed by atoms with E-state index in [1.807, 2.05) is 33.0 Å². The van der Waals surface area contributed by atoms with Crippen LogP contribution in [0.2, 0.25) is 0 Å². The lowest BCUT2D eigenvalue weighted by atomic mass is 10.1. The van der Waals surface area contributed by atoms with E-state index in [-0.39, 0.29) is 17.9 Å². The number of anilines is 3. The van der Waals surface area contributed by atoms with Crippen molar-refractivity contribution in [3.63, 3.8) is 0 Å². The Balaban J connectivity index is 1.92. The van der Waals surface area contributed by atoms with Crippen LogP contribution in [0.15, 0.2) is 48.5 Å². The Kier molecular flexibility index (Phi) is 6.96. The molecule has 0 aromatic heterocycles. The average Bonchev–Trinajstić information content (AvgIpc) is 2.62. The molecule has 0 heterocycles. The predicted molar refractivity (Wildman–Crippen MR) is 111 cm³/mol. The number of benzene rings is 2. The van der Waals surface area contributed by atoms with Crippen molar-refractivity contribution < 1.29 is 9.59 Å². The van der Waals surface area contributed by atoms with Crippen LogP contribution in [-0.4, -0.2) is 43.9 Å². The predicted octanol–water partition coefficient (Wildman–Crippen LogP) is 3.17. The molecule has 0 spiro atoms. The summed E-state index contributed by atoms with van der Waals surface area (Å²) in [6, 6.07) is 15.1. The summed E-state index contributed by atoms with van der Waals surface area (Å²) >= 11 is 0. The van der Waals surface area contributed by atoms with Crippen molar-refractivity contribution in [3.05, 3.63) is 54.1 Å². The number of amides is 2. The minimum atomic E-state index is -0.284. The van der Waals surface area contributed by atoms with Crippen molar-refractivity contribution in [3.8, 4) is 0 Å². The molecule has 0 saturated carbocycles. The Labute approximate surface area is 161 Å². The van der Waals surface area contributed by atoms with Crippen LogP contribution < -0.4 is 15.5 Å². The monoisotopic (exact) mass is 368 g/mol. The van der Waals surface area contributed by atoms with Crippen LogP contribution in [0.25, 0.3) is 0 Å². The summed E-state index contributed by atoms with van der Waals surface area (Å²) in [6.45, 7) is 4.03. The van der Waals surface area contributed by atoms with Crippen molar-refractivity contribution in [2.75, 3.05) is 36.7 Å². The molecular weight excluding hydrogens is 340 g/mol. The van der Waals surface area contributed by atoms with E-state index in [2.05, 4.69) is 39.8 Å². The van der Waals surface area contributed by atoms with E-state index in [1.54, 1.807) is 24.3 Å². The highest BCUT2D eigenvalue weighted by atomic mass is 16.2. The van der Waals surface area contributed by atoms with Crippen molar-refractivity contribution in [1.29, 1.82) is 0 Å². The van der Waals surface area contributed by atoms with Crippen LogP contribution in [0, 0.1) is 0 Å². The number of likely N-dealkylation sites (N-methyl/N-ethyl adjacent to an activating group) is 1. The van der Waals surface area contributed by atoms with E-state index < -0.39 is 0 Å². The first kappa shape index (κ1) is 20.5. The van der Waals surface area contributed by atoms with Crippen molar-refractivity contribution in [1.82, 2.24) is 4.90 Å². The quantitative estimate of drug-likeness (QED) is 0.788. The lowest BCUT2D eigenvalue weighted by Crippen LogP contribution is -2.39. The summed E-state index contributed by atoms with van der Waals surface area (Å²) in [5, 5.41) is 5.61. The Morgan fingerprint density at radius 2 is 1.41 bits per heavy atom. The van der Waals surface area contributed by atoms with Gasteiger partial charge in [0.05, 0.1) is 6.04 Å². The molecule has 0 bridgehead atoms. The number of carbonyl (C=O) groups is 2. The number of nitrogens with one attached hydrogen (secondary N) is 2. The number of carbonyl (C=O) groups excluding carboxylic acids is 2. The van der Waals surface area contributed by atoms with Crippen molar-refractivity contribution in [2.24, 2.45) is 0 Å². The Morgan fingerprint density at radius 3 is 1.89 bits per heavy atom. The summed E-state index contributed by atoms with van der Waals surface area (Å²) in [6.07, 6.45) is 0. The highest BCUT2D eigenvalue weighted by Crippen LogP contribution is 2.16. The lowest BCUT2D eigenvalue weighted by Gasteiger charge is -2.24. The van der Waals surface area contributed by atoms with Gasteiger partial charge in [-0.3, -0.25) is 14.5 Å². The zero-order valence-electron chi connectivity index (χ0n) is 16.6. The molecule has 0 unspecified atom stereocenters. The van der Waals surface area contributed by atoms with Gasteiger partial charge >= 0.3 is 0 Å². The Hall–Kier alpha value is -2.86. The van der Waals surface area contributed by atoms with Gasteiger partial charge < -0.3 is 15.5 Å². The molecule has 2 aromatic rings. The molecule has 0 aliphatic carbocycles. The molecule has 0 saturated heterocycles. The topological polar surface area (TPSA) is 64.7 Å². The van der Waals surface area contributed by atoms with Gasteiger partial charge in [-0.1, -0.05) is 12.1 Å². The second-order valence-corrected chi connectivity index (χ2v) is 6.90. The van der Waals surface area contributed by atoms with Gasteiger partial charge in [0.15, 0.2) is 0 Å². The van der Waals surface area contributed by atoms with E-state index >= 15 is 0 Å². The smallest absolute Gasteiger partial charge is 0.241 e. The Bertz CT molecular complexity index is 770. The maximum atomic E-state index is 12.5. The normalized spacial score (nSPS) is 11.8. The van der Waals surface area contributed by atoms with Gasteiger partial charge in [0, 0.05) is 44.6 Å². The molecule has 6 heteroatoms. The summed E-state index contributed by atoms with van der Waals surface area (Å²) in [4.78, 5) is 27.6. The molecular formula is C21H28N4O2. The zero-order chi connectivity index (χ0) is 20.0. The minimum absolute atomic E-state index is 0.0744. The van der Waals surface area contributed by atoms with Gasteiger partial charge in [0.25, 0.3) is 0 Å². The van der Waals surface area contributed by atoms with E-state index in [0.717, 1.165) is 11.3 Å². The van der Waals surface area contributed by atoms with Crippen LogP contribution in [0.3, 0.4) is 0 Å². The first-order valence-corrected chi connectivity index (χ1v) is 8.91. The molecule has 6 nitrogen and oxygen atoms in total. The molecule has 0 radical (unpaired) electrons. The van der Waals surface area contributed by atoms with Gasteiger partial charge in [-0.05, 0) is 55.9 Å². The van der Waals surface area contributed by atoms with E-state index in [9.17, 15) is 9.59 Å². The van der Waals surface area contributed by atoms with Crippen molar-refractivity contribution in [2.45, 2.75) is 26.4 Å². The Morgan fingerprint density at radius 1 is 0.889 bits per heavy atom. The van der Waals surface area contributed by atoms with Gasteiger partial charge in [-0.25, -0.2) is 0 Å². The lowest BCUT2D eigenvalue weighted by molar-refractivity contribution is -0.120. The van der Waals surface area contributed by atoms with E-state index in [0.29, 0.717) is 17.9 Å². The first-order valence-electron chi connectivity index (χ1n) is 8.91. The summed E-state index contributed by atoms with van der Waals surface area (Å²) in [5.74, 6) is -0.199. The zero-order valence-corrected chi connectivity index (χ0v) is 16.6. The number of hydrogen-bond donors (Lipinski definition) is 2. The third-order valence-electron chi connectivity index (χ3n) is 4.40. The first-order chi connectivity index (χ1) is 12.8. The largest absolute Gasteiger partial charge is 0.378 e. The number of hydrogen-bond acceptors (Lipinski definition) is 4. The molecule has 2 rings (SSSR count). The fourth-order valence-electron chi connectivity index (χ4n) is 2.61. The van der Waals surface area contributed by atoms with Gasteiger partial charge in [-0.15, -0.1) is 0 Å². The highest BCUT2D eigenvalue weighted by molar-refractivity contribution is 5.95. The van der Waals surface area contributed by atoms with Crippen LogP contribution in [0.5, 0.6) is 0 Å². The molecule has 1 atom stereocenters. The van der Waals surface area contributed by atoms with Crippen LogP contribution >= 0.6 is 0 Å². The fraction of sp³-hybridized carbons (Fsp3) is 0.333. The third kappa shape index (κ3) is 6.11. The molecule has 0 fully saturated rings. The van der Waals surface area contributed by atoms with Gasteiger partial charge in [-0.2, -0.15) is 0 Å². The highest BCUT2D eigenvalue weighted by Gasteiger charge is 2.18. The van der Waals surface area contributed by atoms with Gasteiger partial charge in [0.1, 0.15) is 0 Å². The molecule has 0 aliphatic rings. The standard InChI is InChI=1S/C21H28N4O2/c1-15(25(5)14-17-6-12-20(13-7-17)24(3)4)21(27)23-19-10-8-18(9-11-19)22-16(2)26/h6-13,15H,14H2,1-5H3,(H,22,26)(H,23,27)/t15-/m0/s1. The summed E-state index contributed by atoms with van der Waals surface area (Å²) < 4.78 is 0. The molecule has 2 N–H and O–H groups in total. The van der Waals surface area contributed by atoms with Gasteiger partial charge in [0.2, 0.25) is 11.8 Å².